The molecular weight excluding hydrogens is 248 g/mol. The lowest BCUT2D eigenvalue weighted by Gasteiger charge is -2.21. The summed E-state index contributed by atoms with van der Waals surface area (Å²) in [5, 5.41) is 0.440. The molecule has 0 spiro atoms. The van der Waals surface area contributed by atoms with Crippen molar-refractivity contribution in [1.82, 2.24) is 4.90 Å². The molecule has 98 valence electrons. The van der Waals surface area contributed by atoms with Crippen LogP contribution in [0.3, 0.4) is 0 Å². The Hall–Kier alpha value is -1.22. The highest BCUT2D eigenvalue weighted by Crippen LogP contribution is 2.26. The van der Waals surface area contributed by atoms with Crippen molar-refractivity contribution in [1.29, 1.82) is 0 Å². The minimum Gasteiger partial charge on any atom is -0.398 e. The molecule has 0 bridgehead atoms. The van der Waals surface area contributed by atoms with Gasteiger partial charge in [0.15, 0.2) is 0 Å². The van der Waals surface area contributed by atoms with Crippen molar-refractivity contribution >= 4 is 23.2 Å². The molecule has 0 radical (unpaired) electrons. The summed E-state index contributed by atoms with van der Waals surface area (Å²) >= 11 is 5.94. The molecule has 1 aliphatic rings. The van der Waals surface area contributed by atoms with Gasteiger partial charge in [0.2, 0.25) is 0 Å². The normalized spacial score (nSPS) is 15.9. The van der Waals surface area contributed by atoms with E-state index < -0.39 is 0 Å². The molecule has 4 heteroatoms. The standard InChI is InChI=1S/C14H19ClN2O/c1-17(9-10-4-2-3-5-10)14(18)11-6-7-13(16)12(15)8-11/h6-8,10H,2-5,9,16H2,1H3. The third-order valence-electron chi connectivity index (χ3n) is 3.60. The summed E-state index contributed by atoms with van der Waals surface area (Å²) in [5.41, 5.74) is 6.75. The second kappa shape index (κ2) is 5.61. The van der Waals surface area contributed by atoms with Crippen molar-refractivity contribution in [3.05, 3.63) is 28.8 Å². The molecule has 1 saturated carbocycles. The summed E-state index contributed by atoms with van der Waals surface area (Å²) in [4.78, 5) is 14.0. The number of nitrogens with two attached hydrogens (primary N) is 1. The maximum Gasteiger partial charge on any atom is 0.253 e. The first-order valence-electron chi connectivity index (χ1n) is 6.38. The maximum absolute atomic E-state index is 12.2. The fourth-order valence-corrected chi connectivity index (χ4v) is 2.72. The Morgan fingerprint density at radius 1 is 1.44 bits per heavy atom. The highest BCUT2D eigenvalue weighted by Gasteiger charge is 2.20. The summed E-state index contributed by atoms with van der Waals surface area (Å²) in [7, 11) is 1.85. The van der Waals surface area contributed by atoms with E-state index in [1.165, 1.54) is 25.7 Å². The Labute approximate surface area is 113 Å². The van der Waals surface area contributed by atoms with Gasteiger partial charge in [-0.25, -0.2) is 0 Å². The van der Waals surface area contributed by atoms with Crippen molar-refractivity contribution < 1.29 is 4.79 Å². The summed E-state index contributed by atoms with van der Waals surface area (Å²) < 4.78 is 0. The van der Waals surface area contributed by atoms with Crippen LogP contribution in [0.1, 0.15) is 36.0 Å². The van der Waals surface area contributed by atoms with Gasteiger partial charge in [-0.3, -0.25) is 4.79 Å². The van der Waals surface area contributed by atoms with E-state index in [1.807, 2.05) is 7.05 Å². The van der Waals surface area contributed by atoms with E-state index in [1.54, 1.807) is 23.1 Å². The summed E-state index contributed by atoms with van der Waals surface area (Å²) in [6.07, 6.45) is 5.06. The van der Waals surface area contributed by atoms with Crippen LogP contribution in [0.2, 0.25) is 5.02 Å². The smallest absolute Gasteiger partial charge is 0.253 e. The van der Waals surface area contributed by atoms with Crippen LogP contribution in [0.4, 0.5) is 5.69 Å². The van der Waals surface area contributed by atoms with Crippen LogP contribution in [0.5, 0.6) is 0 Å². The molecule has 2 rings (SSSR count). The Bertz CT molecular complexity index is 441. The summed E-state index contributed by atoms with van der Waals surface area (Å²) in [6, 6.07) is 5.05. The first kappa shape index (κ1) is 13.2. The lowest BCUT2D eigenvalue weighted by molar-refractivity contribution is 0.0773. The van der Waals surface area contributed by atoms with E-state index in [-0.39, 0.29) is 5.91 Å². The van der Waals surface area contributed by atoms with Gasteiger partial charge in [0.1, 0.15) is 0 Å². The topological polar surface area (TPSA) is 46.3 Å². The van der Waals surface area contributed by atoms with Crippen molar-refractivity contribution in [3.63, 3.8) is 0 Å². The van der Waals surface area contributed by atoms with Crippen LogP contribution in [-0.4, -0.2) is 24.4 Å². The number of carbonyl (C=O) groups excluding carboxylic acids is 1. The number of halogens is 1. The Morgan fingerprint density at radius 3 is 2.72 bits per heavy atom. The SMILES string of the molecule is CN(CC1CCCC1)C(=O)c1ccc(N)c(Cl)c1. The molecule has 1 aliphatic carbocycles. The van der Waals surface area contributed by atoms with Crippen LogP contribution in [0.15, 0.2) is 18.2 Å². The molecule has 1 fully saturated rings. The quantitative estimate of drug-likeness (QED) is 0.854. The van der Waals surface area contributed by atoms with Crippen LogP contribution in [0.25, 0.3) is 0 Å². The first-order chi connectivity index (χ1) is 8.58. The molecule has 0 heterocycles. The number of carbonyl (C=O) groups is 1. The Morgan fingerprint density at radius 2 is 2.11 bits per heavy atom. The molecule has 18 heavy (non-hydrogen) atoms. The number of amides is 1. The van der Waals surface area contributed by atoms with Crippen LogP contribution >= 0.6 is 11.6 Å². The van der Waals surface area contributed by atoms with E-state index in [2.05, 4.69) is 0 Å². The van der Waals surface area contributed by atoms with Gasteiger partial charge >= 0.3 is 0 Å². The zero-order valence-corrected chi connectivity index (χ0v) is 11.4. The number of nitrogen functional groups attached to an aromatic ring is 1. The maximum atomic E-state index is 12.2. The Balaban J connectivity index is 2.02. The molecule has 0 saturated heterocycles. The van der Waals surface area contributed by atoms with Crippen LogP contribution in [-0.2, 0) is 0 Å². The second-order valence-electron chi connectivity index (χ2n) is 5.07. The number of benzene rings is 1. The first-order valence-corrected chi connectivity index (χ1v) is 6.76. The zero-order chi connectivity index (χ0) is 13.1. The van der Waals surface area contributed by atoms with Crippen molar-refractivity contribution in [2.24, 2.45) is 5.92 Å². The van der Waals surface area contributed by atoms with Gasteiger partial charge in [0.05, 0.1) is 10.7 Å². The fourth-order valence-electron chi connectivity index (χ4n) is 2.54. The largest absolute Gasteiger partial charge is 0.398 e. The lowest BCUT2D eigenvalue weighted by atomic mass is 10.1. The molecule has 3 nitrogen and oxygen atoms in total. The number of anilines is 1. The summed E-state index contributed by atoms with van der Waals surface area (Å²) in [6.45, 7) is 0.834. The van der Waals surface area contributed by atoms with Gasteiger partial charge in [-0.15, -0.1) is 0 Å². The minimum absolute atomic E-state index is 0.0174. The van der Waals surface area contributed by atoms with Gasteiger partial charge in [-0.1, -0.05) is 24.4 Å². The average molecular weight is 267 g/mol. The van der Waals surface area contributed by atoms with E-state index in [9.17, 15) is 4.79 Å². The lowest BCUT2D eigenvalue weighted by Crippen LogP contribution is -2.31. The predicted molar refractivity (Wildman–Crippen MR) is 74.8 cm³/mol. The molecule has 1 amide bonds. The highest BCUT2D eigenvalue weighted by molar-refractivity contribution is 6.33. The van der Waals surface area contributed by atoms with Gasteiger partial charge < -0.3 is 10.6 Å². The average Bonchev–Trinajstić information content (AvgIpc) is 2.84. The van der Waals surface area contributed by atoms with Gasteiger partial charge in [0, 0.05) is 19.2 Å². The van der Waals surface area contributed by atoms with Crippen molar-refractivity contribution in [3.8, 4) is 0 Å². The third kappa shape index (κ3) is 2.96. The fraction of sp³-hybridized carbons (Fsp3) is 0.500. The predicted octanol–water partition coefficient (Wildman–Crippen LogP) is 3.18. The van der Waals surface area contributed by atoms with E-state index in [0.29, 0.717) is 22.2 Å². The van der Waals surface area contributed by atoms with Crippen molar-refractivity contribution in [2.45, 2.75) is 25.7 Å². The molecule has 2 N–H and O–H groups in total. The monoisotopic (exact) mass is 266 g/mol. The molecule has 1 aromatic carbocycles. The van der Waals surface area contributed by atoms with Gasteiger partial charge in [-0.2, -0.15) is 0 Å². The molecule has 0 unspecified atom stereocenters. The molecule has 0 aliphatic heterocycles. The van der Waals surface area contributed by atoms with Crippen LogP contribution < -0.4 is 5.73 Å². The molecule has 0 aromatic heterocycles. The van der Waals surface area contributed by atoms with Crippen LogP contribution in [0, 0.1) is 5.92 Å². The van der Waals surface area contributed by atoms with E-state index in [0.717, 1.165) is 6.54 Å². The molecular formula is C14H19ClN2O. The minimum atomic E-state index is 0.0174. The number of hydrogen-bond donors (Lipinski definition) is 1. The van der Waals surface area contributed by atoms with E-state index in [4.69, 9.17) is 17.3 Å². The van der Waals surface area contributed by atoms with E-state index >= 15 is 0 Å². The third-order valence-corrected chi connectivity index (χ3v) is 3.93. The second-order valence-corrected chi connectivity index (χ2v) is 5.48. The summed E-state index contributed by atoms with van der Waals surface area (Å²) in [5.74, 6) is 0.673. The number of rotatable bonds is 3. The number of nitrogens with zero attached hydrogens (tertiary/aromatic N) is 1. The van der Waals surface area contributed by atoms with Crippen molar-refractivity contribution in [2.75, 3.05) is 19.3 Å². The zero-order valence-electron chi connectivity index (χ0n) is 10.7. The highest BCUT2D eigenvalue weighted by atomic mass is 35.5. The number of hydrogen-bond acceptors (Lipinski definition) is 2. The van der Waals surface area contributed by atoms with Gasteiger partial charge in [0.25, 0.3) is 5.91 Å². The van der Waals surface area contributed by atoms with Gasteiger partial charge in [-0.05, 0) is 37.0 Å². The molecule has 1 aromatic rings. The Kier molecular flexibility index (Phi) is 4.12. The molecule has 0 atom stereocenters.